The van der Waals surface area contributed by atoms with Gasteiger partial charge in [0.25, 0.3) is 0 Å². The van der Waals surface area contributed by atoms with Crippen molar-refractivity contribution in [2.45, 2.75) is 39.2 Å². The summed E-state index contributed by atoms with van der Waals surface area (Å²) in [6.45, 7) is 7.98. The number of likely N-dealkylation sites (tertiary alicyclic amines) is 1. The monoisotopic (exact) mass is 460 g/mol. The highest BCUT2D eigenvalue weighted by Crippen LogP contribution is 2.19. The zero-order valence-electron chi connectivity index (χ0n) is 16.0. The Morgan fingerprint density at radius 1 is 1.36 bits per heavy atom. The van der Waals surface area contributed by atoms with E-state index in [-0.39, 0.29) is 24.0 Å². The molecular formula is C19H33IN4O. The van der Waals surface area contributed by atoms with Crippen molar-refractivity contribution < 1.29 is 4.74 Å². The molecule has 0 aromatic heterocycles. The molecule has 0 radical (unpaired) electrons. The second kappa shape index (κ2) is 11.6. The fraction of sp³-hybridized carbons (Fsp3) is 0.632. The van der Waals surface area contributed by atoms with E-state index in [1.807, 2.05) is 6.07 Å². The van der Waals surface area contributed by atoms with Crippen LogP contribution in [0.15, 0.2) is 23.2 Å². The van der Waals surface area contributed by atoms with Crippen LogP contribution in [0.1, 0.15) is 30.9 Å². The van der Waals surface area contributed by atoms with Gasteiger partial charge in [0, 0.05) is 19.1 Å². The lowest BCUT2D eigenvalue weighted by molar-refractivity contribution is 0.317. The Balaban J connectivity index is 0.00000312. The molecule has 1 heterocycles. The van der Waals surface area contributed by atoms with Gasteiger partial charge in [-0.3, -0.25) is 4.99 Å². The number of methoxy groups -OCH3 is 1. The SMILES string of the molecule is CCNC(=NCC1CCCN1C)NCCc1cc(C)ccc1OC.I. The van der Waals surface area contributed by atoms with Gasteiger partial charge in [-0.15, -0.1) is 24.0 Å². The van der Waals surface area contributed by atoms with Gasteiger partial charge in [0.2, 0.25) is 0 Å². The van der Waals surface area contributed by atoms with Crippen molar-refractivity contribution >= 4 is 29.9 Å². The van der Waals surface area contributed by atoms with Gasteiger partial charge >= 0.3 is 0 Å². The molecule has 1 atom stereocenters. The molecule has 1 aliphatic rings. The molecule has 1 saturated heterocycles. The molecule has 0 spiro atoms. The quantitative estimate of drug-likeness (QED) is 0.373. The minimum absolute atomic E-state index is 0. The number of hydrogen-bond donors (Lipinski definition) is 2. The fourth-order valence-corrected chi connectivity index (χ4v) is 3.17. The van der Waals surface area contributed by atoms with E-state index < -0.39 is 0 Å². The van der Waals surface area contributed by atoms with Crippen LogP contribution in [0.3, 0.4) is 0 Å². The topological polar surface area (TPSA) is 48.9 Å². The standard InChI is InChI=1S/C19H32N4O.HI/c1-5-20-19(22-14-17-7-6-12-23(17)3)21-11-10-16-13-15(2)8-9-18(16)24-4;/h8-9,13,17H,5-7,10-12,14H2,1-4H3,(H2,20,21,22);1H. The third kappa shape index (κ3) is 7.01. The second-order valence-corrected chi connectivity index (χ2v) is 6.49. The number of benzene rings is 1. The molecule has 1 fully saturated rings. The summed E-state index contributed by atoms with van der Waals surface area (Å²) >= 11 is 0. The van der Waals surface area contributed by atoms with Crippen LogP contribution >= 0.6 is 24.0 Å². The Labute approximate surface area is 169 Å². The average Bonchev–Trinajstić information content (AvgIpc) is 2.98. The number of rotatable bonds is 7. The van der Waals surface area contributed by atoms with Crippen LogP contribution in [0.25, 0.3) is 0 Å². The highest BCUT2D eigenvalue weighted by Gasteiger charge is 2.20. The molecule has 1 aliphatic heterocycles. The summed E-state index contributed by atoms with van der Waals surface area (Å²) in [5.74, 6) is 1.86. The third-order valence-electron chi connectivity index (χ3n) is 4.60. The zero-order chi connectivity index (χ0) is 17.4. The van der Waals surface area contributed by atoms with Crippen molar-refractivity contribution in [3.05, 3.63) is 29.3 Å². The molecule has 142 valence electrons. The Morgan fingerprint density at radius 3 is 2.80 bits per heavy atom. The molecule has 2 N–H and O–H groups in total. The first-order chi connectivity index (χ1) is 11.6. The van der Waals surface area contributed by atoms with Crippen molar-refractivity contribution in [3.63, 3.8) is 0 Å². The lowest BCUT2D eigenvalue weighted by atomic mass is 10.1. The molecule has 0 aliphatic carbocycles. The Kier molecular flexibility index (Phi) is 10.2. The molecule has 0 bridgehead atoms. The second-order valence-electron chi connectivity index (χ2n) is 6.49. The van der Waals surface area contributed by atoms with E-state index >= 15 is 0 Å². The van der Waals surface area contributed by atoms with Crippen molar-refractivity contribution in [1.29, 1.82) is 0 Å². The van der Waals surface area contributed by atoms with Crippen LogP contribution in [0.2, 0.25) is 0 Å². The number of ether oxygens (including phenoxy) is 1. The molecule has 5 nitrogen and oxygen atoms in total. The maximum atomic E-state index is 5.45. The van der Waals surface area contributed by atoms with Crippen molar-refractivity contribution in [3.8, 4) is 5.75 Å². The largest absolute Gasteiger partial charge is 0.496 e. The van der Waals surface area contributed by atoms with Crippen LogP contribution in [0.5, 0.6) is 5.75 Å². The zero-order valence-corrected chi connectivity index (χ0v) is 18.3. The third-order valence-corrected chi connectivity index (χ3v) is 4.60. The number of guanidine groups is 1. The molecule has 2 rings (SSSR count). The number of hydrogen-bond acceptors (Lipinski definition) is 3. The number of nitrogens with one attached hydrogen (secondary N) is 2. The predicted octanol–water partition coefficient (Wildman–Crippen LogP) is 2.81. The van der Waals surface area contributed by atoms with Crippen LogP contribution in [-0.4, -0.2) is 57.2 Å². The Hall–Kier alpha value is -1.02. The first-order valence-corrected chi connectivity index (χ1v) is 9.00. The highest BCUT2D eigenvalue weighted by atomic mass is 127. The molecule has 1 aromatic carbocycles. The fourth-order valence-electron chi connectivity index (χ4n) is 3.17. The van der Waals surface area contributed by atoms with Crippen LogP contribution < -0.4 is 15.4 Å². The summed E-state index contributed by atoms with van der Waals surface area (Å²) in [4.78, 5) is 7.17. The highest BCUT2D eigenvalue weighted by molar-refractivity contribution is 14.0. The van der Waals surface area contributed by atoms with Crippen LogP contribution in [0.4, 0.5) is 0 Å². The van der Waals surface area contributed by atoms with E-state index in [2.05, 4.69) is 48.6 Å². The first kappa shape index (κ1) is 22.0. The van der Waals surface area contributed by atoms with E-state index in [4.69, 9.17) is 9.73 Å². The lowest BCUT2D eigenvalue weighted by Crippen LogP contribution is -2.39. The number of halogens is 1. The molecule has 6 heteroatoms. The van der Waals surface area contributed by atoms with Gasteiger partial charge in [0.15, 0.2) is 5.96 Å². The minimum atomic E-state index is 0. The van der Waals surface area contributed by atoms with Gasteiger partial charge in [-0.05, 0) is 58.3 Å². The predicted molar refractivity (Wildman–Crippen MR) is 116 cm³/mol. The van der Waals surface area contributed by atoms with E-state index in [0.717, 1.165) is 37.8 Å². The summed E-state index contributed by atoms with van der Waals surface area (Å²) in [6, 6.07) is 6.90. The molecule has 0 amide bonds. The summed E-state index contributed by atoms with van der Waals surface area (Å²) in [6.07, 6.45) is 3.45. The maximum Gasteiger partial charge on any atom is 0.191 e. The molecule has 1 unspecified atom stereocenters. The molecular weight excluding hydrogens is 427 g/mol. The van der Waals surface area contributed by atoms with Crippen molar-refractivity contribution in [1.82, 2.24) is 15.5 Å². The number of likely N-dealkylation sites (N-methyl/N-ethyl adjacent to an activating group) is 1. The normalized spacial score (nSPS) is 17.9. The van der Waals surface area contributed by atoms with Gasteiger partial charge in [0.05, 0.1) is 13.7 Å². The van der Waals surface area contributed by atoms with Crippen LogP contribution in [-0.2, 0) is 6.42 Å². The smallest absolute Gasteiger partial charge is 0.191 e. The first-order valence-electron chi connectivity index (χ1n) is 9.00. The summed E-state index contributed by atoms with van der Waals surface area (Å²) in [5, 5.41) is 6.78. The van der Waals surface area contributed by atoms with E-state index in [0.29, 0.717) is 6.04 Å². The summed E-state index contributed by atoms with van der Waals surface area (Å²) in [5.41, 5.74) is 2.49. The van der Waals surface area contributed by atoms with Crippen LogP contribution in [0, 0.1) is 6.92 Å². The van der Waals surface area contributed by atoms with E-state index in [9.17, 15) is 0 Å². The number of aliphatic imine (C=N–C) groups is 1. The van der Waals surface area contributed by atoms with Gasteiger partial charge in [-0.2, -0.15) is 0 Å². The molecule has 0 saturated carbocycles. The van der Waals surface area contributed by atoms with E-state index in [1.165, 1.54) is 30.5 Å². The Morgan fingerprint density at radius 2 is 2.16 bits per heavy atom. The van der Waals surface area contributed by atoms with Gasteiger partial charge in [-0.1, -0.05) is 17.7 Å². The molecule has 25 heavy (non-hydrogen) atoms. The van der Waals surface area contributed by atoms with Crippen molar-refractivity contribution in [2.75, 3.05) is 40.3 Å². The van der Waals surface area contributed by atoms with Gasteiger partial charge in [0.1, 0.15) is 5.75 Å². The minimum Gasteiger partial charge on any atom is -0.496 e. The van der Waals surface area contributed by atoms with Gasteiger partial charge < -0.3 is 20.3 Å². The average molecular weight is 460 g/mol. The number of aryl methyl sites for hydroxylation is 1. The summed E-state index contributed by atoms with van der Waals surface area (Å²) < 4.78 is 5.45. The Bertz CT molecular complexity index is 550. The maximum absolute atomic E-state index is 5.45. The van der Waals surface area contributed by atoms with Crippen molar-refractivity contribution in [2.24, 2.45) is 4.99 Å². The van der Waals surface area contributed by atoms with E-state index in [1.54, 1.807) is 7.11 Å². The molecule has 1 aromatic rings. The summed E-state index contributed by atoms with van der Waals surface area (Å²) in [7, 11) is 3.92. The van der Waals surface area contributed by atoms with Gasteiger partial charge in [-0.25, -0.2) is 0 Å². The number of nitrogens with zero attached hydrogens (tertiary/aromatic N) is 2. The lowest BCUT2D eigenvalue weighted by Gasteiger charge is -2.18.